The number of rotatable bonds is 7. The summed E-state index contributed by atoms with van der Waals surface area (Å²) in [6, 6.07) is 0. The van der Waals surface area contributed by atoms with E-state index in [1.54, 1.807) is 14.1 Å². The Balaban J connectivity index is 2.58. The van der Waals surface area contributed by atoms with Crippen molar-refractivity contribution in [3.63, 3.8) is 0 Å². The Labute approximate surface area is 102 Å². The first-order chi connectivity index (χ1) is 7.98. The summed E-state index contributed by atoms with van der Waals surface area (Å²) in [7, 11) is -0.180. The molecule has 6 nitrogen and oxygen atoms in total. The highest BCUT2D eigenvalue weighted by molar-refractivity contribution is 7.89. The predicted octanol–water partition coefficient (Wildman–Crippen LogP) is 0.203. The molecule has 0 aliphatic carbocycles. The van der Waals surface area contributed by atoms with Gasteiger partial charge in [-0.25, -0.2) is 12.7 Å². The normalized spacial score (nSPS) is 12.2. The highest BCUT2D eigenvalue weighted by Gasteiger charge is 2.21. The average molecular weight is 261 g/mol. The molecule has 0 amide bonds. The molecule has 0 saturated heterocycles. The number of aryl methyl sites for hydroxylation is 1. The van der Waals surface area contributed by atoms with E-state index < -0.39 is 10.0 Å². The zero-order valence-corrected chi connectivity index (χ0v) is 11.0. The van der Waals surface area contributed by atoms with Crippen molar-refractivity contribution in [2.75, 3.05) is 20.2 Å². The number of hydrogen-bond donors (Lipinski definition) is 1. The summed E-state index contributed by atoms with van der Waals surface area (Å²) < 4.78 is 26.9. The van der Waals surface area contributed by atoms with Crippen molar-refractivity contribution in [3.05, 3.63) is 12.4 Å². The summed E-state index contributed by atoms with van der Waals surface area (Å²) in [4.78, 5) is 0.213. The van der Waals surface area contributed by atoms with Crippen molar-refractivity contribution in [3.8, 4) is 0 Å². The van der Waals surface area contributed by atoms with E-state index >= 15 is 0 Å². The van der Waals surface area contributed by atoms with Gasteiger partial charge in [0.15, 0.2) is 0 Å². The van der Waals surface area contributed by atoms with Gasteiger partial charge in [-0.05, 0) is 19.3 Å². The second-order valence-electron chi connectivity index (χ2n) is 3.96. The molecule has 0 atom stereocenters. The zero-order chi connectivity index (χ0) is 12.9. The summed E-state index contributed by atoms with van der Waals surface area (Å²) in [5.41, 5.74) is 0. The standard InChI is InChI=1S/C10H19N3O3S/c1-12-9-10(8-11-12)17(15,16)13(2)6-4-3-5-7-14/h8-9,14H,3-7H2,1-2H3. The lowest BCUT2D eigenvalue weighted by molar-refractivity contribution is 0.281. The third kappa shape index (κ3) is 3.79. The molecule has 0 saturated carbocycles. The highest BCUT2D eigenvalue weighted by atomic mass is 32.2. The first-order valence-electron chi connectivity index (χ1n) is 5.54. The van der Waals surface area contributed by atoms with Gasteiger partial charge in [0, 0.05) is 33.4 Å². The minimum absolute atomic E-state index is 0.152. The smallest absolute Gasteiger partial charge is 0.245 e. The van der Waals surface area contributed by atoms with Crippen molar-refractivity contribution < 1.29 is 13.5 Å². The van der Waals surface area contributed by atoms with Crippen LogP contribution >= 0.6 is 0 Å². The number of sulfonamides is 1. The summed E-state index contributed by atoms with van der Waals surface area (Å²) in [6.45, 7) is 0.607. The Morgan fingerprint density at radius 2 is 2.12 bits per heavy atom. The van der Waals surface area contributed by atoms with Crippen LogP contribution in [0.25, 0.3) is 0 Å². The van der Waals surface area contributed by atoms with Crippen molar-refractivity contribution >= 4 is 10.0 Å². The van der Waals surface area contributed by atoms with Gasteiger partial charge >= 0.3 is 0 Å². The van der Waals surface area contributed by atoms with Crippen LogP contribution in [0.1, 0.15) is 19.3 Å². The molecule has 0 fully saturated rings. The van der Waals surface area contributed by atoms with Crippen LogP contribution in [0.4, 0.5) is 0 Å². The molecule has 0 aliphatic rings. The quantitative estimate of drug-likeness (QED) is 0.712. The first-order valence-corrected chi connectivity index (χ1v) is 6.98. The van der Waals surface area contributed by atoms with Gasteiger partial charge in [0.2, 0.25) is 10.0 Å². The van der Waals surface area contributed by atoms with E-state index in [1.807, 2.05) is 0 Å². The van der Waals surface area contributed by atoms with Crippen LogP contribution in [0.3, 0.4) is 0 Å². The molecule has 0 bridgehead atoms. The topological polar surface area (TPSA) is 75.4 Å². The molecule has 1 rings (SSSR count). The lowest BCUT2D eigenvalue weighted by atomic mass is 10.2. The zero-order valence-electron chi connectivity index (χ0n) is 10.2. The third-order valence-electron chi connectivity index (χ3n) is 2.52. The van der Waals surface area contributed by atoms with Crippen LogP contribution in [0.5, 0.6) is 0 Å². The van der Waals surface area contributed by atoms with Crippen molar-refractivity contribution in [1.29, 1.82) is 0 Å². The number of aliphatic hydroxyl groups is 1. The molecule has 1 aromatic heterocycles. The van der Waals surface area contributed by atoms with Gasteiger partial charge in [0.1, 0.15) is 4.90 Å². The van der Waals surface area contributed by atoms with Gasteiger partial charge < -0.3 is 5.11 Å². The molecule has 1 heterocycles. The molecule has 1 N–H and O–H groups in total. The molecule has 98 valence electrons. The van der Waals surface area contributed by atoms with Gasteiger partial charge in [-0.15, -0.1) is 0 Å². The fourth-order valence-corrected chi connectivity index (χ4v) is 2.65. The second kappa shape index (κ2) is 6.13. The summed E-state index contributed by atoms with van der Waals surface area (Å²) in [6.07, 6.45) is 5.11. The number of aliphatic hydroxyl groups excluding tert-OH is 1. The Kier molecular flexibility index (Phi) is 5.10. The fourth-order valence-electron chi connectivity index (χ4n) is 1.46. The summed E-state index contributed by atoms with van der Waals surface area (Å²) in [5.74, 6) is 0. The maximum atomic E-state index is 12.0. The van der Waals surface area contributed by atoms with Gasteiger partial charge in [0.25, 0.3) is 0 Å². The molecular formula is C10H19N3O3S. The van der Waals surface area contributed by atoms with E-state index in [2.05, 4.69) is 5.10 Å². The van der Waals surface area contributed by atoms with Crippen LogP contribution in [-0.2, 0) is 17.1 Å². The van der Waals surface area contributed by atoms with E-state index in [9.17, 15) is 8.42 Å². The van der Waals surface area contributed by atoms with E-state index in [0.29, 0.717) is 13.0 Å². The molecule has 1 aromatic rings. The molecule has 0 spiro atoms. The van der Waals surface area contributed by atoms with Gasteiger partial charge in [0.05, 0.1) is 6.20 Å². The first kappa shape index (κ1) is 14.1. The molecular weight excluding hydrogens is 242 g/mol. The Bertz CT molecular complexity index is 441. The van der Waals surface area contributed by atoms with Crippen LogP contribution in [0.2, 0.25) is 0 Å². The molecule has 7 heteroatoms. The van der Waals surface area contributed by atoms with Crippen LogP contribution < -0.4 is 0 Å². The lowest BCUT2D eigenvalue weighted by Gasteiger charge is -2.15. The maximum absolute atomic E-state index is 12.0. The molecule has 0 radical (unpaired) electrons. The number of aromatic nitrogens is 2. The number of nitrogens with zero attached hydrogens (tertiary/aromatic N) is 3. The average Bonchev–Trinajstić information content (AvgIpc) is 2.71. The maximum Gasteiger partial charge on any atom is 0.245 e. The summed E-state index contributed by atoms with van der Waals surface area (Å²) >= 11 is 0. The van der Waals surface area contributed by atoms with Crippen molar-refractivity contribution in [2.45, 2.75) is 24.2 Å². The van der Waals surface area contributed by atoms with Gasteiger partial charge in [-0.3, -0.25) is 4.68 Å². The molecule has 17 heavy (non-hydrogen) atoms. The number of unbranched alkanes of at least 4 members (excludes halogenated alkanes) is 2. The minimum atomic E-state index is -3.42. The van der Waals surface area contributed by atoms with Crippen molar-refractivity contribution in [1.82, 2.24) is 14.1 Å². The van der Waals surface area contributed by atoms with Crippen molar-refractivity contribution in [2.24, 2.45) is 7.05 Å². The minimum Gasteiger partial charge on any atom is -0.396 e. The van der Waals surface area contributed by atoms with Gasteiger partial charge in [-0.2, -0.15) is 5.10 Å². The van der Waals surface area contributed by atoms with Gasteiger partial charge in [-0.1, -0.05) is 0 Å². The predicted molar refractivity (Wildman–Crippen MR) is 64.0 cm³/mol. The van der Waals surface area contributed by atoms with Crippen LogP contribution in [0.15, 0.2) is 17.3 Å². The van der Waals surface area contributed by atoms with E-state index in [-0.39, 0.29) is 11.5 Å². The lowest BCUT2D eigenvalue weighted by Crippen LogP contribution is -2.27. The Hall–Kier alpha value is -0.920. The monoisotopic (exact) mass is 261 g/mol. The fraction of sp³-hybridized carbons (Fsp3) is 0.700. The van der Waals surface area contributed by atoms with Crippen LogP contribution in [0, 0.1) is 0 Å². The van der Waals surface area contributed by atoms with Crippen LogP contribution in [-0.4, -0.2) is 47.8 Å². The third-order valence-corrected chi connectivity index (χ3v) is 4.33. The largest absolute Gasteiger partial charge is 0.396 e. The number of hydrogen-bond acceptors (Lipinski definition) is 4. The molecule has 0 aromatic carbocycles. The SMILES string of the molecule is CN(CCCCCO)S(=O)(=O)c1cnn(C)c1. The molecule has 0 unspecified atom stereocenters. The Morgan fingerprint density at radius 3 is 2.65 bits per heavy atom. The molecule has 0 aliphatic heterocycles. The highest BCUT2D eigenvalue weighted by Crippen LogP contribution is 2.13. The van der Waals surface area contributed by atoms with E-state index in [0.717, 1.165) is 12.8 Å². The van der Waals surface area contributed by atoms with E-state index in [1.165, 1.54) is 21.4 Å². The van der Waals surface area contributed by atoms with E-state index in [4.69, 9.17) is 5.11 Å². The Morgan fingerprint density at radius 1 is 1.41 bits per heavy atom. The summed E-state index contributed by atoms with van der Waals surface area (Å²) in [5, 5.41) is 12.5. The second-order valence-corrected chi connectivity index (χ2v) is 6.01.